The summed E-state index contributed by atoms with van der Waals surface area (Å²) >= 11 is 12.4. The molecule has 0 saturated heterocycles. The van der Waals surface area contributed by atoms with Crippen LogP contribution in [0.4, 0.5) is 0 Å². The van der Waals surface area contributed by atoms with Gasteiger partial charge in [0.15, 0.2) is 5.82 Å². The van der Waals surface area contributed by atoms with Gasteiger partial charge in [0.05, 0.1) is 0 Å². The minimum Gasteiger partial charge on any atom is -0.216 e. The van der Waals surface area contributed by atoms with Crippen LogP contribution in [0, 0.1) is 12.8 Å². The van der Waals surface area contributed by atoms with Crippen LogP contribution in [0.3, 0.4) is 0 Å². The first-order valence-corrected chi connectivity index (χ1v) is 7.02. The van der Waals surface area contributed by atoms with Crippen LogP contribution in [-0.2, 0) is 6.42 Å². The van der Waals surface area contributed by atoms with Crippen molar-refractivity contribution in [2.75, 3.05) is 0 Å². The van der Waals surface area contributed by atoms with Crippen molar-refractivity contribution in [3.63, 3.8) is 0 Å². The predicted molar refractivity (Wildman–Crippen MR) is 80.8 cm³/mol. The molecule has 0 N–H and O–H groups in total. The van der Waals surface area contributed by atoms with Crippen molar-refractivity contribution in [3.05, 3.63) is 45.7 Å². The number of halogens is 2. The monoisotopic (exact) mass is 294 g/mol. The lowest BCUT2D eigenvalue weighted by molar-refractivity contribution is 0.644. The number of hydrogen-bond donors (Lipinski definition) is 0. The van der Waals surface area contributed by atoms with Crippen molar-refractivity contribution < 1.29 is 0 Å². The maximum absolute atomic E-state index is 6.22. The minimum atomic E-state index is 0.448. The molecule has 2 rings (SSSR count). The Labute approximate surface area is 123 Å². The smallest absolute Gasteiger partial charge is 0.162 e. The Balaban J connectivity index is 2.42. The molecule has 0 aliphatic rings. The van der Waals surface area contributed by atoms with Crippen molar-refractivity contribution in [3.8, 4) is 11.4 Å². The van der Waals surface area contributed by atoms with Crippen molar-refractivity contribution in [2.45, 2.75) is 27.2 Å². The van der Waals surface area contributed by atoms with Gasteiger partial charge in [0, 0.05) is 11.1 Å². The zero-order valence-electron chi connectivity index (χ0n) is 11.2. The Bertz CT molecular complexity index is 554. The summed E-state index contributed by atoms with van der Waals surface area (Å²) in [6.45, 7) is 6.26. The van der Waals surface area contributed by atoms with E-state index in [1.807, 2.05) is 31.2 Å². The normalized spacial score (nSPS) is 11.1. The van der Waals surface area contributed by atoms with Crippen LogP contribution in [0.25, 0.3) is 11.4 Å². The molecule has 0 aliphatic carbocycles. The highest BCUT2D eigenvalue weighted by molar-refractivity contribution is 6.34. The Hall–Kier alpha value is -1.12. The van der Waals surface area contributed by atoms with Gasteiger partial charge in [-0.25, -0.2) is 9.97 Å². The first kappa shape index (κ1) is 14.3. The molecular weight excluding hydrogens is 279 g/mol. The number of rotatable bonds is 3. The van der Waals surface area contributed by atoms with Gasteiger partial charge in [0.1, 0.15) is 10.3 Å². The van der Waals surface area contributed by atoms with E-state index < -0.39 is 0 Å². The highest BCUT2D eigenvalue weighted by Gasteiger charge is 2.13. The zero-order chi connectivity index (χ0) is 14.0. The standard InChI is InChI=1S/C15H16Cl2N2/c1-9(2)8-12-13(16)18-15(19-14(12)17)11-6-4-10(3)5-7-11/h4-7,9H,8H2,1-3H3. The van der Waals surface area contributed by atoms with Gasteiger partial charge >= 0.3 is 0 Å². The Morgan fingerprint density at radius 2 is 1.53 bits per heavy atom. The molecule has 0 fully saturated rings. The third kappa shape index (κ3) is 3.46. The number of hydrogen-bond acceptors (Lipinski definition) is 2. The molecule has 1 aromatic carbocycles. The van der Waals surface area contributed by atoms with E-state index in [4.69, 9.17) is 23.2 Å². The van der Waals surface area contributed by atoms with E-state index in [0.29, 0.717) is 22.0 Å². The molecule has 0 unspecified atom stereocenters. The first-order valence-electron chi connectivity index (χ1n) is 6.26. The fourth-order valence-corrected chi connectivity index (χ4v) is 2.38. The van der Waals surface area contributed by atoms with Crippen LogP contribution in [0.15, 0.2) is 24.3 Å². The van der Waals surface area contributed by atoms with Gasteiger partial charge in [0.25, 0.3) is 0 Å². The van der Waals surface area contributed by atoms with Crippen LogP contribution < -0.4 is 0 Å². The van der Waals surface area contributed by atoms with E-state index >= 15 is 0 Å². The largest absolute Gasteiger partial charge is 0.216 e. The Morgan fingerprint density at radius 1 is 1.00 bits per heavy atom. The van der Waals surface area contributed by atoms with Gasteiger partial charge in [0.2, 0.25) is 0 Å². The fourth-order valence-electron chi connectivity index (χ4n) is 1.84. The average molecular weight is 295 g/mol. The average Bonchev–Trinajstić information content (AvgIpc) is 2.34. The lowest BCUT2D eigenvalue weighted by atomic mass is 10.1. The highest BCUT2D eigenvalue weighted by atomic mass is 35.5. The molecule has 0 bridgehead atoms. The number of benzene rings is 1. The van der Waals surface area contributed by atoms with Gasteiger partial charge in [-0.2, -0.15) is 0 Å². The predicted octanol–water partition coefficient (Wildman–Crippen LogP) is 4.96. The van der Waals surface area contributed by atoms with Crippen LogP contribution in [0.5, 0.6) is 0 Å². The molecule has 2 aromatic rings. The van der Waals surface area contributed by atoms with Gasteiger partial charge < -0.3 is 0 Å². The number of aromatic nitrogens is 2. The van der Waals surface area contributed by atoms with E-state index in [1.54, 1.807) is 0 Å². The van der Waals surface area contributed by atoms with Gasteiger partial charge in [-0.15, -0.1) is 0 Å². The van der Waals surface area contributed by atoms with E-state index in [-0.39, 0.29) is 0 Å². The summed E-state index contributed by atoms with van der Waals surface area (Å²) in [5.74, 6) is 1.03. The molecule has 2 nitrogen and oxygen atoms in total. The number of aryl methyl sites for hydroxylation is 1. The quantitative estimate of drug-likeness (QED) is 0.748. The topological polar surface area (TPSA) is 25.8 Å². The highest BCUT2D eigenvalue weighted by Crippen LogP contribution is 2.27. The second-order valence-corrected chi connectivity index (χ2v) is 5.79. The van der Waals surface area contributed by atoms with E-state index in [2.05, 4.69) is 23.8 Å². The lowest BCUT2D eigenvalue weighted by Gasteiger charge is -2.10. The van der Waals surface area contributed by atoms with Crippen LogP contribution >= 0.6 is 23.2 Å². The molecule has 0 amide bonds. The van der Waals surface area contributed by atoms with Crippen LogP contribution in [-0.4, -0.2) is 9.97 Å². The zero-order valence-corrected chi connectivity index (χ0v) is 12.8. The van der Waals surface area contributed by atoms with Crippen molar-refractivity contribution in [1.82, 2.24) is 9.97 Å². The summed E-state index contributed by atoms with van der Waals surface area (Å²) in [6, 6.07) is 7.98. The van der Waals surface area contributed by atoms with Crippen LogP contribution in [0.2, 0.25) is 10.3 Å². The lowest BCUT2D eigenvalue weighted by Crippen LogP contribution is -2.01. The van der Waals surface area contributed by atoms with E-state index in [9.17, 15) is 0 Å². The van der Waals surface area contributed by atoms with E-state index in [0.717, 1.165) is 17.5 Å². The Kier molecular flexibility index (Phi) is 4.43. The minimum absolute atomic E-state index is 0.448. The molecule has 0 aliphatic heterocycles. The molecule has 0 saturated carbocycles. The summed E-state index contributed by atoms with van der Waals surface area (Å²) in [5, 5.41) is 0.897. The molecule has 100 valence electrons. The molecule has 0 spiro atoms. The third-order valence-corrected chi connectivity index (χ3v) is 3.45. The molecule has 1 heterocycles. The second kappa shape index (κ2) is 5.89. The summed E-state index contributed by atoms with van der Waals surface area (Å²) in [6.07, 6.45) is 0.784. The number of nitrogens with zero attached hydrogens (tertiary/aromatic N) is 2. The summed E-state index contributed by atoms with van der Waals surface area (Å²) in [5.41, 5.74) is 2.94. The van der Waals surface area contributed by atoms with Gasteiger partial charge in [-0.3, -0.25) is 0 Å². The molecule has 4 heteroatoms. The first-order chi connectivity index (χ1) is 8.97. The van der Waals surface area contributed by atoms with Crippen molar-refractivity contribution >= 4 is 23.2 Å². The fraction of sp³-hybridized carbons (Fsp3) is 0.333. The SMILES string of the molecule is Cc1ccc(-c2nc(Cl)c(CC(C)C)c(Cl)n2)cc1. The molecule has 0 atom stereocenters. The van der Waals surface area contributed by atoms with Crippen LogP contribution in [0.1, 0.15) is 25.0 Å². The maximum atomic E-state index is 6.22. The summed E-state index contributed by atoms with van der Waals surface area (Å²) < 4.78 is 0. The molecule has 19 heavy (non-hydrogen) atoms. The molecule has 0 radical (unpaired) electrons. The molecular formula is C15H16Cl2N2. The van der Waals surface area contributed by atoms with Gasteiger partial charge in [-0.1, -0.05) is 66.9 Å². The maximum Gasteiger partial charge on any atom is 0.162 e. The summed E-state index contributed by atoms with van der Waals surface area (Å²) in [4.78, 5) is 8.71. The second-order valence-electron chi connectivity index (χ2n) is 5.07. The summed E-state index contributed by atoms with van der Waals surface area (Å²) in [7, 11) is 0. The van der Waals surface area contributed by atoms with E-state index in [1.165, 1.54) is 5.56 Å². The van der Waals surface area contributed by atoms with Crippen molar-refractivity contribution in [1.29, 1.82) is 0 Å². The van der Waals surface area contributed by atoms with Crippen molar-refractivity contribution in [2.24, 2.45) is 5.92 Å². The Morgan fingerprint density at radius 3 is 2.00 bits per heavy atom. The third-order valence-electron chi connectivity index (χ3n) is 2.83. The molecule has 1 aromatic heterocycles. The van der Waals surface area contributed by atoms with Gasteiger partial charge in [-0.05, 0) is 19.3 Å².